The number of ether oxygens (including phenoxy) is 2. The first kappa shape index (κ1) is 18.1. The maximum absolute atomic E-state index is 12.3. The molecular formula is C21H26O3. The molecule has 2 rings (SSSR count). The molecule has 0 bridgehead atoms. The van der Waals surface area contributed by atoms with Crippen molar-refractivity contribution in [2.45, 2.75) is 45.4 Å². The van der Waals surface area contributed by atoms with Gasteiger partial charge in [-0.3, -0.25) is 0 Å². The van der Waals surface area contributed by atoms with Crippen molar-refractivity contribution in [1.29, 1.82) is 0 Å². The SMILES string of the molecule is CCCCCCCCOC(=O)c1ccccc1Oc1ccccc1. The molecule has 0 heterocycles. The number of para-hydroxylation sites is 2. The third-order valence-corrected chi connectivity index (χ3v) is 3.81. The number of hydrogen-bond acceptors (Lipinski definition) is 3. The molecule has 0 N–H and O–H groups in total. The van der Waals surface area contributed by atoms with Gasteiger partial charge in [0.05, 0.1) is 6.61 Å². The maximum atomic E-state index is 12.3. The third kappa shape index (κ3) is 6.07. The number of carbonyl (C=O) groups excluding carboxylic acids is 1. The molecule has 128 valence electrons. The van der Waals surface area contributed by atoms with E-state index in [2.05, 4.69) is 6.92 Å². The van der Waals surface area contributed by atoms with Gasteiger partial charge >= 0.3 is 5.97 Å². The van der Waals surface area contributed by atoms with Gasteiger partial charge < -0.3 is 9.47 Å². The molecule has 0 saturated carbocycles. The average Bonchev–Trinajstić information content (AvgIpc) is 2.62. The Morgan fingerprint density at radius 1 is 0.833 bits per heavy atom. The number of carbonyl (C=O) groups is 1. The largest absolute Gasteiger partial charge is 0.462 e. The number of hydrogen-bond donors (Lipinski definition) is 0. The van der Waals surface area contributed by atoms with Gasteiger partial charge in [0.2, 0.25) is 0 Å². The zero-order valence-corrected chi connectivity index (χ0v) is 14.4. The lowest BCUT2D eigenvalue weighted by molar-refractivity contribution is 0.0495. The summed E-state index contributed by atoms with van der Waals surface area (Å²) in [5, 5.41) is 0. The van der Waals surface area contributed by atoms with Crippen LogP contribution < -0.4 is 4.74 Å². The van der Waals surface area contributed by atoms with E-state index in [1.54, 1.807) is 12.1 Å². The van der Waals surface area contributed by atoms with Crippen molar-refractivity contribution < 1.29 is 14.3 Å². The molecule has 2 aromatic carbocycles. The van der Waals surface area contributed by atoms with Crippen LogP contribution in [0.4, 0.5) is 0 Å². The Morgan fingerprint density at radius 2 is 1.50 bits per heavy atom. The molecule has 0 aliphatic heterocycles. The second-order valence-corrected chi connectivity index (χ2v) is 5.81. The van der Waals surface area contributed by atoms with Gasteiger partial charge in [-0.15, -0.1) is 0 Å². The van der Waals surface area contributed by atoms with Crippen molar-refractivity contribution in [3.05, 3.63) is 60.2 Å². The molecule has 3 nitrogen and oxygen atoms in total. The van der Waals surface area contributed by atoms with Crippen molar-refractivity contribution in [1.82, 2.24) is 0 Å². The van der Waals surface area contributed by atoms with Crippen LogP contribution in [0.3, 0.4) is 0 Å². The van der Waals surface area contributed by atoms with E-state index in [1.807, 2.05) is 42.5 Å². The second-order valence-electron chi connectivity index (χ2n) is 5.81. The van der Waals surface area contributed by atoms with Crippen molar-refractivity contribution in [3.63, 3.8) is 0 Å². The van der Waals surface area contributed by atoms with Crippen LogP contribution in [0.25, 0.3) is 0 Å². The molecule has 0 fully saturated rings. The summed E-state index contributed by atoms with van der Waals surface area (Å²) in [5.41, 5.74) is 0.465. The Hall–Kier alpha value is -2.29. The van der Waals surface area contributed by atoms with E-state index in [4.69, 9.17) is 9.47 Å². The fourth-order valence-corrected chi connectivity index (χ4v) is 2.46. The van der Waals surface area contributed by atoms with Gasteiger partial charge in [0, 0.05) is 0 Å². The summed E-state index contributed by atoms with van der Waals surface area (Å²) >= 11 is 0. The fraction of sp³-hybridized carbons (Fsp3) is 0.381. The van der Waals surface area contributed by atoms with Crippen LogP contribution in [-0.2, 0) is 4.74 Å². The molecule has 0 spiro atoms. The zero-order valence-electron chi connectivity index (χ0n) is 14.4. The van der Waals surface area contributed by atoms with Crippen LogP contribution >= 0.6 is 0 Å². The highest BCUT2D eigenvalue weighted by molar-refractivity contribution is 5.92. The van der Waals surface area contributed by atoms with E-state index in [0.29, 0.717) is 23.7 Å². The predicted octanol–water partition coefficient (Wildman–Crippen LogP) is 6.00. The van der Waals surface area contributed by atoms with Gasteiger partial charge in [-0.05, 0) is 30.7 Å². The van der Waals surface area contributed by atoms with Gasteiger partial charge in [0.25, 0.3) is 0 Å². The minimum absolute atomic E-state index is 0.324. The van der Waals surface area contributed by atoms with Gasteiger partial charge in [0.1, 0.15) is 17.1 Å². The van der Waals surface area contributed by atoms with E-state index in [-0.39, 0.29) is 5.97 Å². The minimum atomic E-state index is -0.324. The van der Waals surface area contributed by atoms with E-state index in [0.717, 1.165) is 12.8 Å². The quantitative estimate of drug-likeness (QED) is 0.397. The molecule has 0 atom stereocenters. The fourth-order valence-electron chi connectivity index (χ4n) is 2.46. The van der Waals surface area contributed by atoms with Crippen LogP contribution in [0, 0.1) is 0 Å². The van der Waals surface area contributed by atoms with Gasteiger partial charge in [-0.1, -0.05) is 69.4 Å². The molecular weight excluding hydrogens is 300 g/mol. The second kappa shape index (κ2) is 10.5. The highest BCUT2D eigenvalue weighted by atomic mass is 16.5. The summed E-state index contributed by atoms with van der Waals surface area (Å²) in [6, 6.07) is 16.6. The Balaban J connectivity index is 1.83. The smallest absolute Gasteiger partial charge is 0.341 e. The summed E-state index contributed by atoms with van der Waals surface area (Å²) in [4.78, 5) is 12.3. The number of unbranched alkanes of at least 4 members (excludes halogenated alkanes) is 5. The van der Waals surface area contributed by atoms with Crippen LogP contribution in [0.2, 0.25) is 0 Å². The predicted molar refractivity (Wildman–Crippen MR) is 96.6 cm³/mol. The van der Waals surface area contributed by atoms with E-state index < -0.39 is 0 Å². The number of benzene rings is 2. The molecule has 0 radical (unpaired) electrons. The Kier molecular flexibility index (Phi) is 7.88. The topological polar surface area (TPSA) is 35.5 Å². The first-order chi connectivity index (χ1) is 11.8. The summed E-state index contributed by atoms with van der Waals surface area (Å²) < 4.78 is 11.2. The molecule has 0 saturated heterocycles. The van der Waals surface area contributed by atoms with Crippen LogP contribution in [0.5, 0.6) is 11.5 Å². The Bertz CT molecular complexity index is 607. The highest BCUT2D eigenvalue weighted by Gasteiger charge is 2.14. The molecule has 3 heteroatoms. The zero-order chi connectivity index (χ0) is 17.0. The van der Waals surface area contributed by atoms with Crippen molar-refractivity contribution >= 4 is 5.97 Å². The van der Waals surface area contributed by atoms with Crippen molar-refractivity contribution in [2.24, 2.45) is 0 Å². The molecule has 0 aliphatic rings. The first-order valence-electron chi connectivity index (χ1n) is 8.80. The summed E-state index contributed by atoms with van der Waals surface area (Å²) in [6.07, 6.45) is 7.01. The van der Waals surface area contributed by atoms with E-state index in [1.165, 1.54) is 25.7 Å². The first-order valence-corrected chi connectivity index (χ1v) is 8.80. The molecule has 0 aromatic heterocycles. The summed E-state index contributed by atoms with van der Waals surface area (Å²) in [5.74, 6) is 0.903. The van der Waals surface area contributed by atoms with E-state index in [9.17, 15) is 4.79 Å². The molecule has 0 aliphatic carbocycles. The number of rotatable bonds is 10. The van der Waals surface area contributed by atoms with Gasteiger partial charge in [0.15, 0.2) is 0 Å². The third-order valence-electron chi connectivity index (χ3n) is 3.81. The van der Waals surface area contributed by atoms with Crippen LogP contribution in [0.1, 0.15) is 55.8 Å². The van der Waals surface area contributed by atoms with Crippen LogP contribution in [-0.4, -0.2) is 12.6 Å². The molecule has 0 unspecified atom stereocenters. The number of esters is 1. The molecule has 2 aromatic rings. The molecule has 24 heavy (non-hydrogen) atoms. The lowest BCUT2D eigenvalue weighted by Gasteiger charge is -2.11. The van der Waals surface area contributed by atoms with Gasteiger partial charge in [-0.25, -0.2) is 4.79 Å². The van der Waals surface area contributed by atoms with Crippen molar-refractivity contribution in [2.75, 3.05) is 6.61 Å². The maximum Gasteiger partial charge on any atom is 0.341 e. The lowest BCUT2D eigenvalue weighted by atomic mass is 10.1. The highest BCUT2D eigenvalue weighted by Crippen LogP contribution is 2.25. The Labute approximate surface area is 144 Å². The average molecular weight is 326 g/mol. The van der Waals surface area contributed by atoms with Crippen LogP contribution in [0.15, 0.2) is 54.6 Å². The monoisotopic (exact) mass is 326 g/mol. The standard InChI is InChI=1S/C21H26O3/c1-2-3-4-5-6-12-17-23-21(22)19-15-10-11-16-20(19)24-18-13-8-7-9-14-18/h7-11,13-16H,2-6,12,17H2,1H3. The van der Waals surface area contributed by atoms with E-state index >= 15 is 0 Å². The lowest BCUT2D eigenvalue weighted by Crippen LogP contribution is -2.08. The normalized spacial score (nSPS) is 10.4. The molecule has 0 amide bonds. The summed E-state index contributed by atoms with van der Waals surface area (Å²) in [7, 11) is 0. The Morgan fingerprint density at radius 3 is 2.29 bits per heavy atom. The summed E-state index contributed by atoms with van der Waals surface area (Å²) in [6.45, 7) is 2.67. The van der Waals surface area contributed by atoms with Crippen molar-refractivity contribution in [3.8, 4) is 11.5 Å². The van der Waals surface area contributed by atoms with Gasteiger partial charge in [-0.2, -0.15) is 0 Å². The minimum Gasteiger partial charge on any atom is -0.462 e.